The zero-order valence-corrected chi connectivity index (χ0v) is 21.5. The Kier molecular flexibility index (Phi) is 10.5. The fourth-order valence-electron chi connectivity index (χ4n) is 3.79. The Hall–Kier alpha value is -2.22. The number of benzene rings is 1. The van der Waals surface area contributed by atoms with Crippen molar-refractivity contribution in [3.05, 3.63) is 29.6 Å². The predicted octanol–water partition coefficient (Wildman–Crippen LogP) is 4.68. The summed E-state index contributed by atoms with van der Waals surface area (Å²) < 4.78 is 4.25. The number of ether oxygens (including phenoxy) is 1. The molecule has 2 heterocycles. The first-order chi connectivity index (χ1) is 15.8. The van der Waals surface area contributed by atoms with Crippen LogP contribution in [0.2, 0.25) is 0 Å². The van der Waals surface area contributed by atoms with Gasteiger partial charge < -0.3 is 21.2 Å². The Morgan fingerprint density at radius 2 is 1.79 bits per heavy atom. The number of nitrogen functional groups attached to an aromatic ring is 1. The van der Waals surface area contributed by atoms with E-state index in [9.17, 15) is 0 Å². The van der Waals surface area contributed by atoms with E-state index in [-0.39, 0.29) is 5.54 Å². The summed E-state index contributed by atoms with van der Waals surface area (Å²) in [6, 6.07) is 6.51. The summed E-state index contributed by atoms with van der Waals surface area (Å²) >= 11 is 0. The van der Waals surface area contributed by atoms with Crippen LogP contribution in [0.1, 0.15) is 64.3 Å². The first-order valence-corrected chi connectivity index (χ1v) is 12.2. The predicted molar refractivity (Wildman–Crippen MR) is 141 cm³/mol. The Morgan fingerprint density at radius 1 is 1.06 bits per heavy atom. The molecule has 0 aliphatic heterocycles. The number of H-pyrrole nitrogens is 1. The zero-order chi connectivity index (χ0) is 24.4. The van der Waals surface area contributed by atoms with Gasteiger partial charge in [-0.1, -0.05) is 25.8 Å². The minimum Gasteiger partial charge on any atom is -0.388 e. The number of aryl methyl sites for hydroxylation is 2. The van der Waals surface area contributed by atoms with Crippen LogP contribution in [0.25, 0.3) is 21.9 Å². The SMILES string of the molecule is CCCCc1nc2c([nH]1)c(N)nc1ccc(CCCCCN(C)C(C)(C)CN)cc12.COC. The summed E-state index contributed by atoms with van der Waals surface area (Å²) in [6.07, 6.45) is 7.86. The lowest BCUT2D eigenvalue weighted by molar-refractivity contribution is 0.161. The number of pyridine rings is 1. The second kappa shape index (κ2) is 12.9. The van der Waals surface area contributed by atoms with E-state index >= 15 is 0 Å². The number of rotatable bonds is 11. The highest BCUT2D eigenvalue weighted by Crippen LogP contribution is 2.28. The van der Waals surface area contributed by atoms with Crippen LogP contribution in [0.5, 0.6) is 0 Å². The summed E-state index contributed by atoms with van der Waals surface area (Å²) in [7, 11) is 5.42. The van der Waals surface area contributed by atoms with Gasteiger partial charge in [0.2, 0.25) is 0 Å². The molecular weight excluding hydrogens is 412 g/mol. The molecule has 0 spiro atoms. The number of hydrogen-bond acceptors (Lipinski definition) is 6. The fourth-order valence-corrected chi connectivity index (χ4v) is 3.79. The van der Waals surface area contributed by atoms with E-state index in [1.165, 1.54) is 24.8 Å². The van der Waals surface area contributed by atoms with Crippen molar-refractivity contribution in [2.45, 2.75) is 71.3 Å². The van der Waals surface area contributed by atoms with Crippen LogP contribution in [0.3, 0.4) is 0 Å². The molecule has 7 nitrogen and oxygen atoms in total. The molecule has 0 saturated carbocycles. The Bertz CT molecular complexity index is 997. The number of unbranched alkanes of at least 4 members (excludes halogenated alkanes) is 3. The third-order valence-electron chi connectivity index (χ3n) is 6.32. The molecule has 3 aromatic rings. The second-order valence-electron chi connectivity index (χ2n) is 9.52. The van der Waals surface area contributed by atoms with Crippen LogP contribution in [-0.4, -0.2) is 59.7 Å². The van der Waals surface area contributed by atoms with E-state index in [0.717, 1.165) is 60.0 Å². The lowest BCUT2D eigenvalue weighted by Crippen LogP contribution is -2.47. The van der Waals surface area contributed by atoms with Gasteiger partial charge in [-0.05, 0) is 70.8 Å². The monoisotopic (exact) mass is 456 g/mol. The highest BCUT2D eigenvalue weighted by atomic mass is 16.4. The van der Waals surface area contributed by atoms with Crippen molar-refractivity contribution in [3.8, 4) is 0 Å². The van der Waals surface area contributed by atoms with Crippen LogP contribution in [0, 0.1) is 0 Å². The number of fused-ring (bicyclic) bond motifs is 3. The third-order valence-corrected chi connectivity index (χ3v) is 6.32. The van der Waals surface area contributed by atoms with Gasteiger partial charge in [-0.2, -0.15) is 0 Å². The zero-order valence-electron chi connectivity index (χ0n) is 21.5. The van der Waals surface area contributed by atoms with E-state index in [1.54, 1.807) is 14.2 Å². The van der Waals surface area contributed by atoms with Crippen LogP contribution in [0.15, 0.2) is 18.2 Å². The molecule has 184 valence electrons. The number of anilines is 1. The standard InChI is InChI=1S/C24H38N6.C2H6O/c1-5-6-11-20-28-21-18-15-17(12-13-19(18)27-23(26)22(21)29-20)10-8-7-9-14-30(4)24(2,3)16-25;1-3-2/h12-13,15H,5-11,14,16,25H2,1-4H3,(H2,26,27)(H,28,29);1-2H3. The lowest BCUT2D eigenvalue weighted by atomic mass is 10.0. The van der Waals surface area contributed by atoms with Gasteiger partial charge in [-0.3, -0.25) is 4.90 Å². The number of nitrogens with zero attached hydrogens (tertiary/aromatic N) is 3. The van der Waals surface area contributed by atoms with E-state index in [4.69, 9.17) is 16.5 Å². The molecule has 0 fully saturated rings. The van der Waals surface area contributed by atoms with E-state index in [0.29, 0.717) is 12.4 Å². The number of aromatic amines is 1. The quantitative estimate of drug-likeness (QED) is 0.362. The molecule has 2 aromatic heterocycles. The van der Waals surface area contributed by atoms with E-state index in [2.05, 4.69) is 65.6 Å². The summed E-state index contributed by atoms with van der Waals surface area (Å²) in [5.74, 6) is 1.53. The van der Waals surface area contributed by atoms with E-state index < -0.39 is 0 Å². The van der Waals surface area contributed by atoms with Crippen LogP contribution < -0.4 is 11.5 Å². The number of aromatic nitrogens is 3. The van der Waals surface area contributed by atoms with Crippen molar-refractivity contribution < 1.29 is 4.74 Å². The Balaban J connectivity index is 0.00000122. The maximum absolute atomic E-state index is 6.19. The van der Waals surface area contributed by atoms with Crippen molar-refractivity contribution >= 4 is 27.8 Å². The molecule has 0 aliphatic carbocycles. The maximum atomic E-state index is 6.19. The maximum Gasteiger partial charge on any atom is 0.150 e. The van der Waals surface area contributed by atoms with Gasteiger partial charge >= 0.3 is 0 Å². The van der Waals surface area contributed by atoms with Crippen molar-refractivity contribution in [3.63, 3.8) is 0 Å². The van der Waals surface area contributed by atoms with Gasteiger partial charge in [0.05, 0.1) is 5.52 Å². The van der Waals surface area contributed by atoms with Crippen LogP contribution in [-0.2, 0) is 17.6 Å². The van der Waals surface area contributed by atoms with Gasteiger partial charge in [-0.15, -0.1) is 0 Å². The first-order valence-electron chi connectivity index (χ1n) is 12.2. The average Bonchev–Trinajstić information content (AvgIpc) is 3.23. The molecule has 0 bridgehead atoms. The molecule has 3 rings (SSSR count). The summed E-state index contributed by atoms with van der Waals surface area (Å²) in [5, 5.41) is 1.10. The van der Waals surface area contributed by atoms with Gasteiger partial charge in [0.15, 0.2) is 0 Å². The number of hydrogen-bond donors (Lipinski definition) is 3. The number of nitrogens with one attached hydrogen (secondary N) is 1. The molecule has 1 aromatic carbocycles. The van der Waals surface area contributed by atoms with Crippen LogP contribution >= 0.6 is 0 Å². The third kappa shape index (κ3) is 7.39. The molecule has 0 atom stereocenters. The topological polar surface area (TPSA) is 106 Å². The molecular formula is C26H44N6O. The molecule has 0 aliphatic rings. The van der Waals surface area contributed by atoms with Crippen molar-refractivity contribution in [1.82, 2.24) is 19.9 Å². The second-order valence-corrected chi connectivity index (χ2v) is 9.52. The first kappa shape index (κ1) is 27.0. The molecule has 33 heavy (non-hydrogen) atoms. The van der Waals surface area contributed by atoms with Gasteiger partial charge in [0, 0.05) is 38.1 Å². The molecule has 0 amide bonds. The number of imidazole rings is 1. The minimum absolute atomic E-state index is 0.0676. The normalized spacial score (nSPS) is 11.9. The fraction of sp³-hybridized carbons (Fsp3) is 0.615. The van der Waals surface area contributed by atoms with Gasteiger partial charge in [-0.25, -0.2) is 9.97 Å². The van der Waals surface area contributed by atoms with Gasteiger partial charge in [0.25, 0.3) is 0 Å². The number of nitrogens with two attached hydrogens (primary N) is 2. The summed E-state index contributed by atoms with van der Waals surface area (Å²) in [4.78, 5) is 15.2. The molecule has 0 unspecified atom stereocenters. The number of methoxy groups -OCH3 is 1. The van der Waals surface area contributed by atoms with E-state index in [1.807, 2.05) is 0 Å². The van der Waals surface area contributed by atoms with Gasteiger partial charge in [0.1, 0.15) is 22.7 Å². The summed E-state index contributed by atoms with van der Waals surface area (Å²) in [6.45, 7) is 8.36. The lowest BCUT2D eigenvalue weighted by Gasteiger charge is -2.34. The molecule has 5 N–H and O–H groups in total. The average molecular weight is 457 g/mol. The van der Waals surface area contributed by atoms with Crippen molar-refractivity contribution in [2.24, 2.45) is 5.73 Å². The molecule has 7 heteroatoms. The highest BCUT2D eigenvalue weighted by molar-refractivity contribution is 6.06. The van der Waals surface area contributed by atoms with Crippen LogP contribution in [0.4, 0.5) is 5.82 Å². The number of likely N-dealkylation sites (N-methyl/N-ethyl adjacent to an activating group) is 1. The Labute approximate surface area is 199 Å². The largest absolute Gasteiger partial charge is 0.388 e. The molecule has 0 radical (unpaired) electrons. The smallest absolute Gasteiger partial charge is 0.150 e. The highest BCUT2D eigenvalue weighted by Gasteiger charge is 2.20. The van der Waals surface area contributed by atoms with Crippen molar-refractivity contribution in [2.75, 3.05) is 40.1 Å². The minimum atomic E-state index is 0.0676. The Morgan fingerprint density at radius 3 is 2.45 bits per heavy atom. The summed E-state index contributed by atoms with van der Waals surface area (Å²) in [5.41, 5.74) is 16.2. The van der Waals surface area contributed by atoms with Crippen molar-refractivity contribution in [1.29, 1.82) is 0 Å². The molecule has 0 saturated heterocycles.